The Morgan fingerprint density at radius 2 is 1.84 bits per heavy atom. The van der Waals surface area contributed by atoms with Gasteiger partial charge in [-0.25, -0.2) is 14.4 Å². The first kappa shape index (κ1) is 22.3. The number of hydrogen-bond acceptors (Lipinski definition) is 5. The molecular formula is C24H29FN4O3. The number of hydrogen-bond donors (Lipinski definition) is 1. The molecule has 3 heterocycles. The molecule has 0 unspecified atom stereocenters. The molecule has 2 aliphatic heterocycles. The molecule has 2 aromatic rings. The Balaban J connectivity index is 1.43. The first-order chi connectivity index (χ1) is 15.4. The fourth-order valence-electron chi connectivity index (χ4n) is 4.47. The third-order valence-corrected chi connectivity index (χ3v) is 6.21. The van der Waals surface area contributed by atoms with Crippen molar-refractivity contribution in [1.82, 2.24) is 14.9 Å². The van der Waals surface area contributed by atoms with Gasteiger partial charge in [0.25, 0.3) is 5.91 Å². The molecule has 0 bridgehead atoms. The van der Waals surface area contributed by atoms with Gasteiger partial charge in [-0.15, -0.1) is 0 Å². The minimum absolute atomic E-state index is 0.0774. The summed E-state index contributed by atoms with van der Waals surface area (Å²) in [6.45, 7) is 5.77. The predicted molar refractivity (Wildman–Crippen MR) is 118 cm³/mol. The maximum Gasteiger partial charge on any atom is 0.251 e. The highest BCUT2D eigenvalue weighted by Gasteiger charge is 2.33. The van der Waals surface area contributed by atoms with Gasteiger partial charge in [0.15, 0.2) is 0 Å². The van der Waals surface area contributed by atoms with Crippen molar-refractivity contribution in [2.24, 2.45) is 0 Å². The minimum Gasteiger partial charge on any atom is -0.368 e. The topological polar surface area (TPSA) is 84.4 Å². The number of carbonyl (C=O) groups is 2. The van der Waals surface area contributed by atoms with Crippen molar-refractivity contribution in [1.29, 1.82) is 0 Å². The van der Waals surface area contributed by atoms with Crippen molar-refractivity contribution in [3.05, 3.63) is 52.9 Å². The second kappa shape index (κ2) is 9.73. The number of ether oxygens (including phenoxy) is 1. The van der Waals surface area contributed by atoms with E-state index in [0.29, 0.717) is 18.8 Å². The number of carbonyl (C=O) groups excluding carboxylic acids is 2. The molecule has 2 fully saturated rings. The van der Waals surface area contributed by atoms with E-state index in [1.54, 1.807) is 0 Å². The van der Waals surface area contributed by atoms with E-state index in [-0.39, 0.29) is 36.1 Å². The van der Waals surface area contributed by atoms with Crippen LogP contribution in [0.5, 0.6) is 0 Å². The van der Waals surface area contributed by atoms with E-state index in [4.69, 9.17) is 14.7 Å². The molecule has 0 saturated carbocycles. The molecule has 1 aromatic heterocycles. The minimum atomic E-state index is -0.350. The van der Waals surface area contributed by atoms with Crippen LogP contribution in [0.25, 0.3) is 0 Å². The van der Waals surface area contributed by atoms with E-state index in [9.17, 15) is 14.0 Å². The molecule has 4 rings (SSSR count). The summed E-state index contributed by atoms with van der Waals surface area (Å²) in [5.41, 5.74) is 2.87. The number of amides is 2. The zero-order valence-electron chi connectivity index (χ0n) is 18.6. The Hall–Kier alpha value is -2.87. The van der Waals surface area contributed by atoms with Crippen LogP contribution in [0.3, 0.4) is 0 Å². The van der Waals surface area contributed by atoms with Gasteiger partial charge in [0.2, 0.25) is 5.91 Å². The largest absolute Gasteiger partial charge is 0.368 e. The van der Waals surface area contributed by atoms with Crippen LogP contribution < -0.4 is 5.32 Å². The molecule has 1 aromatic carbocycles. The molecule has 32 heavy (non-hydrogen) atoms. The zero-order chi connectivity index (χ0) is 22.7. The summed E-state index contributed by atoms with van der Waals surface area (Å²) in [5.74, 6) is 0.332. The van der Waals surface area contributed by atoms with Crippen molar-refractivity contribution in [3.8, 4) is 0 Å². The van der Waals surface area contributed by atoms with Crippen molar-refractivity contribution < 1.29 is 18.7 Å². The average Bonchev–Trinajstić information content (AvgIpc) is 3.32. The molecule has 2 aliphatic rings. The SMILES string of the molecule is Cc1nc([C@H]2CCCN(C(=O)[C@H]3CCCO3)C2)nc(C)c1CC(=O)Nc1ccc(F)cc1. The third-order valence-electron chi connectivity index (χ3n) is 6.21. The van der Waals surface area contributed by atoms with Gasteiger partial charge in [-0.1, -0.05) is 0 Å². The highest BCUT2D eigenvalue weighted by molar-refractivity contribution is 5.92. The van der Waals surface area contributed by atoms with Gasteiger partial charge in [0.1, 0.15) is 17.7 Å². The summed E-state index contributed by atoms with van der Waals surface area (Å²) < 4.78 is 18.6. The Labute approximate surface area is 187 Å². The monoisotopic (exact) mass is 440 g/mol. The van der Waals surface area contributed by atoms with Gasteiger partial charge in [-0.05, 0) is 63.8 Å². The van der Waals surface area contributed by atoms with Crippen molar-refractivity contribution in [3.63, 3.8) is 0 Å². The summed E-state index contributed by atoms with van der Waals surface area (Å²) in [4.78, 5) is 36.5. The van der Waals surface area contributed by atoms with Crippen molar-refractivity contribution in [2.45, 2.75) is 58.0 Å². The normalized spacial score (nSPS) is 20.9. The highest BCUT2D eigenvalue weighted by atomic mass is 19.1. The molecule has 7 nitrogen and oxygen atoms in total. The lowest BCUT2D eigenvalue weighted by Crippen LogP contribution is -2.44. The van der Waals surface area contributed by atoms with E-state index in [1.165, 1.54) is 24.3 Å². The molecule has 2 amide bonds. The van der Waals surface area contributed by atoms with Crippen molar-refractivity contribution >= 4 is 17.5 Å². The number of nitrogens with zero attached hydrogens (tertiary/aromatic N) is 3. The van der Waals surface area contributed by atoms with Crippen LogP contribution >= 0.6 is 0 Å². The fourth-order valence-corrected chi connectivity index (χ4v) is 4.47. The van der Waals surface area contributed by atoms with Gasteiger partial charge in [0.05, 0.1) is 6.42 Å². The first-order valence-corrected chi connectivity index (χ1v) is 11.2. The van der Waals surface area contributed by atoms with Gasteiger partial charge in [-0.2, -0.15) is 0 Å². The van der Waals surface area contributed by atoms with Crippen LogP contribution in [-0.4, -0.2) is 52.5 Å². The zero-order valence-corrected chi connectivity index (χ0v) is 18.6. The van der Waals surface area contributed by atoms with Crippen LogP contribution in [0.4, 0.5) is 10.1 Å². The number of anilines is 1. The van der Waals surface area contributed by atoms with Crippen LogP contribution in [-0.2, 0) is 20.7 Å². The maximum atomic E-state index is 13.1. The summed E-state index contributed by atoms with van der Waals surface area (Å²) >= 11 is 0. The third kappa shape index (κ3) is 5.12. The molecule has 8 heteroatoms. The summed E-state index contributed by atoms with van der Waals surface area (Å²) in [5, 5.41) is 2.78. The number of rotatable bonds is 5. The molecule has 0 aliphatic carbocycles. The summed E-state index contributed by atoms with van der Waals surface area (Å²) in [6.07, 6.45) is 3.41. The van der Waals surface area contributed by atoms with E-state index >= 15 is 0 Å². The molecule has 170 valence electrons. The Bertz CT molecular complexity index is 966. The van der Waals surface area contributed by atoms with Gasteiger partial charge >= 0.3 is 0 Å². The lowest BCUT2D eigenvalue weighted by molar-refractivity contribution is -0.142. The molecule has 2 saturated heterocycles. The van der Waals surface area contributed by atoms with Crippen LogP contribution in [0.15, 0.2) is 24.3 Å². The first-order valence-electron chi connectivity index (χ1n) is 11.2. The van der Waals surface area contributed by atoms with Crippen LogP contribution in [0.1, 0.15) is 54.4 Å². The Morgan fingerprint density at radius 3 is 2.50 bits per heavy atom. The van der Waals surface area contributed by atoms with Gasteiger partial charge in [-0.3, -0.25) is 9.59 Å². The number of likely N-dealkylation sites (tertiary alicyclic amines) is 1. The number of nitrogens with one attached hydrogen (secondary N) is 1. The lowest BCUT2D eigenvalue weighted by atomic mass is 9.95. The smallest absolute Gasteiger partial charge is 0.251 e. The Morgan fingerprint density at radius 1 is 1.12 bits per heavy atom. The van der Waals surface area contributed by atoms with Crippen LogP contribution in [0, 0.1) is 19.7 Å². The maximum absolute atomic E-state index is 13.1. The molecule has 2 atom stereocenters. The molecule has 1 N–H and O–H groups in total. The number of aromatic nitrogens is 2. The second-order valence-corrected chi connectivity index (χ2v) is 8.59. The second-order valence-electron chi connectivity index (χ2n) is 8.59. The van der Waals surface area contributed by atoms with Gasteiger partial charge < -0.3 is 15.0 Å². The van der Waals surface area contributed by atoms with E-state index in [2.05, 4.69) is 5.32 Å². The average molecular weight is 441 g/mol. The van der Waals surface area contributed by atoms with Crippen molar-refractivity contribution in [2.75, 3.05) is 25.0 Å². The summed E-state index contributed by atoms with van der Waals surface area (Å²) in [7, 11) is 0. The van der Waals surface area contributed by atoms with Crippen LogP contribution in [0.2, 0.25) is 0 Å². The van der Waals surface area contributed by atoms with Gasteiger partial charge in [0, 0.05) is 48.3 Å². The standard InChI is InChI=1S/C24H29FN4O3/c1-15-20(13-22(30)28-19-9-7-18(25)8-10-19)16(2)27-23(26-15)17-5-3-11-29(14-17)24(31)21-6-4-12-32-21/h7-10,17,21H,3-6,11-14H2,1-2H3,(H,28,30)/t17-,21+/m0/s1. The molecule has 0 spiro atoms. The number of aryl methyl sites for hydroxylation is 2. The predicted octanol–water partition coefficient (Wildman–Crippen LogP) is 3.30. The number of benzene rings is 1. The highest BCUT2D eigenvalue weighted by Crippen LogP contribution is 2.28. The number of piperidine rings is 1. The Kier molecular flexibility index (Phi) is 6.79. The lowest BCUT2D eigenvalue weighted by Gasteiger charge is -2.33. The van der Waals surface area contributed by atoms with E-state index in [0.717, 1.165) is 55.0 Å². The van der Waals surface area contributed by atoms with E-state index < -0.39 is 0 Å². The number of halogens is 1. The molecular weight excluding hydrogens is 411 g/mol. The van der Waals surface area contributed by atoms with E-state index in [1.807, 2.05) is 18.7 Å². The molecule has 0 radical (unpaired) electrons. The summed E-state index contributed by atoms with van der Waals surface area (Å²) in [6, 6.07) is 5.67. The quantitative estimate of drug-likeness (QED) is 0.771. The fraction of sp³-hybridized carbons (Fsp3) is 0.500.